The summed E-state index contributed by atoms with van der Waals surface area (Å²) in [6.07, 6.45) is 8.48. The SMILES string of the molecule is CC(=O)O[C@@]1(C(C)=O)CC[C@@H]2[C@H]3C=C(Cl)C4=CC(=O)CC[C@]4(C)[C@@H]3CC[C@]21C. The molecule has 0 radical (unpaired) electrons. The van der Waals surface area contributed by atoms with E-state index in [9.17, 15) is 14.4 Å². The second-order valence-electron chi connectivity index (χ2n) is 9.72. The lowest BCUT2D eigenvalue weighted by Gasteiger charge is -2.57. The van der Waals surface area contributed by atoms with Crippen molar-refractivity contribution in [3.63, 3.8) is 0 Å². The zero-order chi connectivity index (χ0) is 20.5. The van der Waals surface area contributed by atoms with Crippen LogP contribution < -0.4 is 0 Å². The van der Waals surface area contributed by atoms with Crippen molar-refractivity contribution in [2.45, 2.75) is 71.8 Å². The first-order valence-electron chi connectivity index (χ1n) is 10.4. The summed E-state index contributed by atoms with van der Waals surface area (Å²) in [5, 5.41) is 0.689. The highest BCUT2D eigenvalue weighted by Gasteiger charge is 2.67. The molecule has 6 atom stereocenters. The normalized spacial score (nSPS) is 44.6. The first kappa shape index (κ1) is 19.9. The Hall–Kier alpha value is -1.42. The van der Waals surface area contributed by atoms with Gasteiger partial charge < -0.3 is 4.74 Å². The van der Waals surface area contributed by atoms with Gasteiger partial charge in [0.2, 0.25) is 0 Å². The maximum atomic E-state index is 12.7. The maximum absolute atomic E-state index is 12.7. The highest BCUT2D eigenvalue weighted by molar-refractivity contribution is 6.32. The molecular weight excluding hydrogens is 376 g/mol. The number of halogens is 1. The fraction of sp³-hybridized carbons (Fsp3) is 0.696. The third kappa shape index (κ3) is 2.46. The molecule has 0 aliphatic heterocycles. The average molecular weight is 405 g/mol. The average Bonchev–Trinajstić information content (AvgIpc) is 2.90. The molecule has 4 aliphatic rings. The van der Waals surface area contributed by atoms with Crippen molar-refractivity contribution in [2.24, 2.45) is 28.6 Å². The first-order chi connectivity index (χ1) is 13.0. The van der Waals surface area contributed by atoms with Gasteiger partial charge in [-0.1, -0.05) is 31.5 Å². The minimum atomic E-state index is -1.03. The van der Waals surface area contributed by atoms with Crippen molar-refractivity contribution in [1.29, 1.82) is 0 Å². The lowest BCUT2D eigenvalue weighted by Crippen LogP contribution is -2.58. The fourth-order valence-electron chi connectivity index (χ4n) is 7.13. The van der Waals surface area contributed by atoms with E-state index in [-0.39, 0.29) is 40.2 Å². The zero-order valence-corrected chi connectivity index (χ0v) is 17.9. The van der Waals surface area contributed by atoms with Crippen molar-refractivity contribution in [3.05, 3.63) is 22.8 Å². The second-order valence-corrected chi connectivity index (χ2v) is 10.1. The van der Waals surface area contributed by atoms with Gasteiger partial charge in [-0.05, 0) is 73.8 Å². The predicted molar refractivity (Wildman–Crippen MR) is 107 cm³/mol. The van der Waals surface area contributed by atoms with Gasteiger partial charge in [-0.25, -0.2) is 0 Å². The van der Waals surface area contributed by atoms with E-state index in [2.05, 4.69) is 19.9 Å². The van der Waals surface area contributed by atoms with E-state index in [1.165, 1.54) is 6.92 Å². The van der Waals surface area contributed by atoms with Crippen LogP contribution in [0.3, 0.4) is 0 Å². The van der Waals surface area contributed by atoms with Crippen LogP contribution in [0.5, 0.6) is 0 Å². The van der Waals surface area contributed by atoms with E-state index in [1.807, 2.05) is 0 Å². The standard InChI is InChI=1S/C23H29ClO4/c1-13(25)23(28-14(2)26)10-7-18-16-12-20(24)19-11-15(27)5-8-21(19,3)17(16)6-9-22(18,23)4/h11-12,16-18H,5-10H2,1-4H3/t16-,17+,18+,21+,22+,23+/m0/s1. The molecule has 2 fully saturated rings. The minimum absolute atomic E-state index is 0.0490. The number of allylic oxidation sites excluding steroid dienone is 4. The number of hydrogen-bond acceptors (Lipinski definition) is 4. The highest BCUT2D eigenvalue weighted by atomic mass is 35.5. The zero-order valence-electron chi connectivity index (χ0n) is 17.1. The Bertz CT molecular complexity index is 826. The number of carbonyl (C=O) groups excluding carboxylic acids is 3. The molecule has 28 heavy (non-hydrogen) atoms. The van der Waals surface area contributed by atoms with Crippen LogP contribution in [0.25, 0.3) is 0 Å². The van der Waals surface area contributed by atoms with Crippen molar-refractivity contribution < 1.29 is 19.1 Å². The monoisotopic (exact) mass is 404 g/mol. The molecule has 0 aromatic heterocycles. The van der Waals surface area contributed by atoms with Gasteiger partial charge >= 0.3 is 5.97 Å². The van der Waals surface area contributed by atoms with Gasteiger partial charge in [0, 0.05) is 23.8 Å². The number of rotatable bonds is 2. The molecule has 2 saturated carbocycles. The van der Waals surface area contributed by atoms with E-state index >= 15 is 0 Å². The fourth-order valence-corrected chi connectivity index (χ4v) is 7.55. The van der Waals surface area contributed by atoms with Gasteiger partial charge in [0.25, 0.3) is 0 Å². The van der Waals surface area contributed by atoms with Crippen LogP contribution in [0.1, 0.15) is 66.2 Å². The molecule has 0 aromatic rings. The van der Waals surface area contributed by atoms with Crippen LogP contribution >= 0.6 is 11.6 Å². The number of carbonyl (C=O) groups is 3. The molecule has 0 bridgehead atoms. The van der Waals surface area contributed by atoms with Gasteiger partial charge in [-0.2, -0.15) is 0 Å². The summed E-state index contributed by atoms with van der Waals surface area (Å²) in [6, 6.07) is 0. The molecule has 0 aromatic carbocycles. The van der Waals surface area contributed by atoms with Crippen LogP contribution in [0.15, 0.2) is 22.8 Å². The Morgan fingerprint density at radius 2 is 1.79 bits per heavy atom. The summed E-state index contributed by atoms with van der Waals surface area (Å²) in [6.45, 7) is 7.33. The number of fused-ring (bicyclic) bond motifs is 5. The van der Waals surface area contributed by atoms with Crippen molar-refractivity contribution in [1.82, 2.24) is 0 Å². The van der Waals surface area contributed by atoms with Gasteiger partial charge in [-0.3, -0.25) is 14.4 Å². The van der Waals surface area contributed by atoms with E-state index < -0.39 is 5.60 Å². The van der Waals surface area contributed by atoms with E-state index in [1.54, 1.807) is 13.0 Å². The maximum Gasteiger partial charge on any atom is 0.303 e. The van der Waals surface area contributed by atoms with Crippen LogP contribution in [-0.4, -0.2) is 23.1 Å². The van der Waals surface area contributed by atoms with Crippen molar-refractivity contribution in [3.8, 4) is 0 Å². The summed E-state index contributed by atoms with van der Waals surface area (Å²) in [4.78, 5) is 36.6. The molecule has 0 N–H and O–H groups in total. The number of esters is 1. The van der Waals surface area contributed by atoms with Crippen molar-refractivity contribution in [2.75, 3.05) is 0 Å². The summed E-state index contributed by atoms with van der Waals surface area (Å²) in [5.74, 6) is 0.584. The molecule has 0 spiro atoms. The second kappa shape index (κ2) is 6.29. The summed E-state index contributed by atoms with van der Waals surface area (Å²) >= 11 is 6.71. The van der Waals surface area contributed by atoms with E-state index in [4.69, 9.17) is 16.3 Å². The van der Waals surface area contributed by atoms with Crippen molar-refractivity contribution >= 4 is 29.1 Å². The molecule has 0 heterocycles. The Morgan fingerprint density at radius 1 is 1.11 bits per heavy atom. The third-order valence-electron chi connectivity index (χ3n) is 8.56. The molecule has 0 unspecified atom stereocenters. The van der Waals surface area contributed by atoms with Gasteiger partial charge in [-0.15, -0.1) is 0 Å². The molecule has 0 amide bonds. The summed E-state index contributed by atoms with van der Waals surface area (Å²) in [5.41, 5.74) is -0.532. The molecule has 4 rings (SSSR count). The Kier molecular flexibility index (Phi) is 4.46. The molecule has 5 heteroatoms. The first-order valence-corrected chi connectivity index (χ1v) is 10.8. The molecule has 0 saturated heterocycles. The summed E-state index contributed by atoms with van der Waals surface area (Å²) < 4.78 is 5.79. The number of hydrogen-bond donors (Lipinski definition) is 0. The number of Topliss-reactive ketones (excluding diaryl/α,β-unsaturated/α-hetero) is 1. The minimum Gasteiger partial charge on any atom is -0.451 e. The largest absolute Gasteiger partial charge is 0.451 e. The Balaban J connectivity index is 1.79. The molecule has 4 aliphatic carbocycles. The lowest BCUT2D eigenvalue weighted by molar-refractivity contribution is -0.185. The van der Waals surface area contributed by atoms with Crippen LogP contribution in [0.2, 0.25) is 0 Å². The van der Waals surface area contributed by atoms with E-state index in [0.717, 1.165) is 31.3 Å². The van der Waals surface area contributed by atoms with Crippen LogP contribution in [0.4, 0.5) is 0 Å². The number of ether oxygens (including phenoxy) is 1. The lowest BCUT2D eigenvalue weighted by atomic mass is 9.48. The van der Waals surface area contributed by atoms with Crippen LogP contribution in [0, 0.1) is 28.6 Å². The topological polar surface area (TPSA) is 60.4 Å². The third-order valence-corrected chi connectivity index (χ3v) is 8.89. The van der Waals surface area contributed by atoms with Gasteiger partial charge in [0.1, 0.15) is 0 Å². The smallest absolute Gasteiger partial charge is 0.303 e. The summed E-state index contributed by atoms with van der Waals surface area (Å²) in [7, 11) is 0. The highest BCUT2D eigenvalue weighted by Crippen LogP contribution is 2.68. The van der Waals surface area contributed by atoms with Gasteiger partial charge in [0.05, 0.1) is 0 Å². The molecular formula is C23H29ClO4. The molecule has 152 valence electrons. The molecule has 4 nitrogen and oxygen atoms in total. The Labute approximate surface area is 171 Å². The van der Waals surface area contributed by atoms with Gasteiger partial charge in [0.15, 0.2) is 17.2 Å². The quantitative estimate of drug-likeness (QED) is 0.623. The number of ketones is 2. The van der Waals surface area contributed by atoms with E-state index in [0.29, 0.717) is 23.8 Å². The predicted octanol–water partition coefficient (Wildman–Crippen LogP) is 4.75. The Morgan fingerprint density at radius 3 is 2.43 bits per heavy atom. The van der Waals surface area contributed by atoms with Crippen LogP contribution in [-0.2, 0) is 19.1 Å².